The second-order valence-corrected chi connectivity index (χ2v) is 8.77. The van der Waals surface area contributed by atoms with Gasteiger partial charge in [0.15, 0.2) is 0 Å². The molecule has 3 heterocycles. The summed E-state index contributed by atoms with van der Waals surface area (Å²) in [4.78, 5) is 8.23. The number of aromatic nitrogens is 2. The minimum absolute atomic E-state index is 0.352. The number of likely N-dealkylation sites (N-methyl/N-ethyl adjacent to an activating group) is 1. The SMILES string of the molecule is CCc1nc(-c2cc(S(=O)(=O)N3CCN(C)CC3)c(C)s2)no1. The number of aryl methyl sites for hydroxylation is 2. The Labute approximate surface area is 140 Å². The Morgan fingerprint density at radius 3 is 2.61 bits per heavy atom. The highest BCUT2D eigenvalue weighted by Gasteiger charge is 2.30. The first kappa shape index (κ1) is 16.6. The molecule has 0 bridgehead atoms. The van der Waals surface area contributed by atoms with Gasteiger partial charge in [0, 0.05) is 37.5 Å². The fraction of sp³-hybridized carbons (Fsp3) is 0.571. The molecule has 0 N–H and O–H groups in total. The van der Waals surface area contributed by atoms with Crippen molar-refractivity contribution in [1.29, 1.82) is 0 Å². The first-order chi connectivity index (χ1) is 10.9. The molecule has 0 saturated carbocycles. The quantitative estimate of drug-likeness (QED) is 0.828. The largest absolute Gasteiger partial charge is 0.339 e. The number of sulfonamides is 1. The molecular weight excluding hydrogens is 336 g/mol. The topological polar surface area (TPSA) is 79.5 Å². The number of hydrogen-bond acceptors (Lipinski definition) is 7. The molecule has 0 aromatic carbocycles. The van der Waals surface area contributed by atoms with E-state index in [1.165, 1.54) is 11.3 Å². The van der Waals surface area contributed by atoms with Gasteiger partial charge in [0.2, 0.25) is 21.7 Å². The van der Waals surface area contributed by atoms with Crippen LogP contribution >= 0.6 is 11.3 Å². The molecule has 0 amide bonds. The lowest BCUT2D eigenvalue weighted by atomic mass is 10.4. The summed E-state index contributed by atoms with van der Waals surface area (Å²) in [6.45, 7) is 6.29. The van der Waals surface area contributed by atoms with Gasteiger partial charge in [0.1, 0.15) is 0 Å². The summed E-state index contributed by atoms with van der Waals surface area (Å²) in [5, 5.41) is 3.93. The standard InChI is InChI=1S/C14H20N4O3S2/c1-4-13-15-14(16-21-13)11-9-12(10(2)22-11)23(19,20)18-7-5-17(3)6-8-18/h9H,4-8H2,1-3H3. The van der Waals surface area contributed by atoms with E-state index in [0.29, 0.717) is 36.1 Å². The van der Waals surface area contributed by atoms with E-state index in [-0.39, 0.29) is 0 Å². The van der Waals surface area contributed by atoms with Crippen LogP contribution in [0.25, 0.3) is 10.7 Å². The van der Waals surface area contributed by atoms with Crippen molar-refractivity contribution in [1.82, 2.24) is 19.3 Å². The molecule has 0 unspecified atom stereocenters. The van der Waals surface area contributed by atoms with Crippen molar-refractivity contribution >= 4 is 21.4 Å². The predicted molar refractivity (Wildman–Crippen MR) is 88.0 cm³/mol. The molecule has 1 aliphatic rings. The summed E-state index contributed by atoms with van der Waals surface area (Å²) in [6.07, 6.45) is 0.657. The number of rotatable bonds is 4. The molecule has 0 spiro atoms. The highest BCUT2D eigenvalue weighted by Crippen LogP contribution is 2.33. The number of hydrogen-bond donors (Lipinski definition) is 0. The van der Waals surface area contributed by atoms with Gasteiger partial charge < -0.3 is 9.42 Å². The van der Waals surface area contributed by atoms with Gasteiger partial charge in [-0.3, -0.25) is 0 Å². The average molecular weight is 356 g/mol. The third-order valence-corrected chi connectivity index (χ3v) is 7.14. The number of thiophene rings is 1. The van der Waals surface area contributed by atoms with E-state index < -0.39 is 10.0 Å². The Morgan fingerprint density at radius 1 is 1.30 bits per heavy atom. The van der Waals surface area contributed by atoms with E-state index >= 15 is 0 Å². The first-order valence-electron chi connectivity index (χ1n) is 7.54. The second kappa shape index (κ2) is 6.31. The van der Waals surface area contributed by atoms with E-state index in [9.17, 15) is 8.42 Å². The van der Waals surface area contributed by atoms with Gasteiger partial charge >= 0.3 is 0 Å². The third-order valence-electron chi connectivity index (χ3n) is 3.94. The zero-order valence-electron chi connectivity index (χ0n) is 13.4. The minimum atomic E-state index is -3.47. The minimum Gasteiger partial charge on any atom is -0.339 e. The number of nitrogens with zero attached hydrogens (tertiary/aromatic N) is 4. The molecule has 3 rings (SSSR count). The smallest absolute Gasteiger partial charge is 0.244 e. The molecule has 0 radical (unpaired) electrons. The first-order valence-corrected chi connectivity index (χ1v) is 9.79. The van der Waals surface area contributed by atoms with Crippen molar-refractivity contribution in [2.75, 3.05) is 33.2 Å². The second-order valence-electron chi connectivity index (χ2n) is 5.60. The third kappa shape index (κ3) is 3.18. The molecule has 2 aromatic heterocycles. The van der Waals surface area contributed by atoms with Crippen LogP contribution in [0.3, 0.4) is 0 Å². The van der Waals surface area contributed by atoms with Crippen LogP contribution in [0.4, 0.5) is 0 Å². The summed E-state index contributed by atoms with van der Waals surface area (Å²) >= 11 is 1.38. The van der Waals surface area contributed by atoms with Gasteiger partial charge in [0.05, 0.1) is 9.77 Å². The van der Waals surface area contributed by atoms with Crippen molar-refractivity contribution in [2.24, 2.45) is 0 Å². The molecule has 2 aromatic rings. The van der Waals surface area contributed by atoms with Crippen LogP contribution in [0.15, 0.2) is 15.5 Å². The Bertz CT molecular complexity index is 789. The van der Waals surface area contributed by atoms with Gasteiger partial charge in [-0.1, -0.05) is 12.1 Å². The summed E-state index contributed by atoms with van der Waals surface area (Å²) < 4.78 is 32.4. The van der Waals surface area contributed by atoms with Crippen LogP contribution in [0.2, 0.25) is 0 Å². The van der Waals surface area contributed by atoms with Crippen LogP contribution in [0.5, 0.6) is 0 Å². The Balaban J connectivity index is 1.91. The molecule has 23 heavy (non-hydrogen) atoms. The van der Waals surface area contributed by atoms with Crippen molar-refractivity contribution in [3.63, 3.8) is 0 Å². The maximum absolute atomic E-state index is 12.9. The summed E-state index contributed by atoms with van der Waals surface area (Å²) in [7, 11) is -1.47. The maximum Gasteiger partial charge on any atom is 0.244 e. The fourth-order valence-corrected chi connectivity index (χ4v) is 5.41. The molecule has 1 saturated heterocycles. The van der Waals surface area contributed by atoms with Crippen LogP contribution in [-0.4, -0.2) is 61.0 Å². The van der Waals surface area contributed by atoms with Gasteiger partial charge in [-0.25, -0.2) is 8.42 Å². The zero-order chi connectivity index (χ0) is 16.6. The van der Waals surface area contributed by atoms with E-state index in [0.717, 1.165) is 22.8 Å². The van der Waals surface area contributed by atoms with Crippen LogP contribution in [0, 0.1) is 6.92 Å². The highest BCUT2D eigenvalue weighted by atomic mass is 32.2. The van der Waals surface area contributed by atoms with Crippen LogP contribution in [0.1, 0.15) is 17.7 Å². The monoisotopic (exact) mass is 356 g/mol. The van der Waals surface area contributed by atoms with Crippen molar-refractivity contribution in [3.05, 3.63) is 16.8 Å². The molecular formula is C14H20N4O3S2. The molecule has 0 aliphatic carbocycles. The average Bonchev–Trinajstić information content (AvgIpc) is 3.14. The van der Waals surface area contributed by atoms with Gasteiger partial charge in [-0.2, -0.15) is 9.29 Å². The van der Waals surface area contributed by atoms with Gasteiger partial charge in [-0.05, 0) is 20.0 Å². The fourth-order valence-electron chi connectivity index (χ4n) is 2.50. The summed E-state index contributed by atoms with van der Waals surface area (Å²) in [6, 6.07) is 1.66. The van der Waals surface area contributed by atoms with E-state index in [2.05, 4.69) is 15.0 Å². The summed E-state index contributed by atoms with van der Waals surface area (Å²) in [5.74, 6) is 1.00. The van der Waals surface area contributed by atoms with Crippen LogP contribution < -0.4 is 0 Å². The molecule has 9 heteroatoms. The Morgan fingerprint density at radius 2 is 2.00 bits per heavy atom. The lowest BCUT2D eigenvalue weighted by Gasteiger charge is -2.31. The van der Waals surface area contributed by atoms with Crippen molar-refractivity contribution in [3.8, 4) is 10.7 Å². The summed E-state index contributed by atoms with van der Waals surface area (Å²) in [5.41, 5.74) is 0. The van der Waals surface area contributed by atoms with Crippen molar-refractivity contribution < 1.29 is 12.9 Å². The lowest BCUT2D eigenvalue weighted by molar-refractivity contribution is 0.222. The predicted octanol–water partition coefficient (Wildman–Crippen LogP) is 1.61. The Hall–Kier alpha value is -1.29. The Kier molecular flexibility index (Phi) is 4.54. The van der Waals surface area contributed by atoms with Gasteiger partial charge in [0.25, 0.3) is 0 Å². The van der Waals surface area contributed by atoms with Crippen molar-refractivity contribution in [2.45, 2.75) is 25.2 Å². The lowest BCUT2D eigenvalue weighted by Crippen LogP contribution is -2.47. The molecule has 126 valence electrons. The van der Waals surface area contributed by atoms with E-state index in [1.54, 1.807) is 10.4 Å². The molecule has 7 nitrogen and oxygen atoms in total. The molecule has 0 atom stereocenters. The van der Waals surface area contributed by atoms with E-state index in [4.69, 9.17) is 4.52 Å². The maximum atomic E-state index is 12.9. The molecule has 1 aliphatic heterocycles. The normalized spacial score (nSPS) is 17.7. The zero-order valence-corrected chi connectivity index (χ0v) is 15.1. The van der Waals surface area contributed by atoms with Gasteiger partial charge in [-0.15, -0.1) is 11.3 Å². The van der Waals surface area contributed by atoms with Crippen LogP contribution in [-0.2, 0) is 16.4 Å². The molecule has 1 fully saturated rings. The number of piperazine rings is 1. The van der Waals surface area contributed by atoms with E-state index in [1.807, 2.05) is 20.9 Å². The highest BCUT2D eigenvalue weighted by molar-refractivity contribution is 7.89.